The number of benzene rings is 2. The van der Waals surface area contributed by atoms with Gasteiger partial charge in [0.2, 0.25) is 5.91 Å². The molecule has 0 saturated heterocycles. The van der Waals surface area contributed by atoms with Crippen LogP contribution in [-0.4, -0.2) is 37.5 Å². The predicted molar refractivity (Wildman–Crippen MR) is 129 cm³/mol. The lowest BCUT2D eigenvalue weighted by molar-refractivity contribution is -0.121. The molecule has 3 aromatic rings. The van der Waals surface area contributed by atoms with Gasteiger partial charge in [-0.05, 0) is 54.8 Å². The van der Waals surface area contributed by atoms with Crippen LogP contribution in [0.5, 0.6) is 5.75 Å². The van der Waals surface area contributed by atoms with Crippen LogP contribution in [0.3, 0.4) is 0 Å². The van der Waals surface area contributed by atoms with E-state index in [4.69, 9.17) is 9.72 Å². The van der Waals surface area contributed by atoms with E-state index < -0.39 is 0 Å². The number of carbonyl (C=O) groups excluding carboxylic acids is 2. The van der Waals surface area contributed by atoms with Gasteiger partial charge in [-0.25, -0.2) is 4.98 Å². The lowest BCUT2D eigenvalue weighted by Gasteiger charge is -2.31. The Labute approximate surface area is 192 Å². The number of aryl methyl sites for hydroxylation is 1. The second-order valence-corrected chi connectivity index (χ2v) is 9.04. The van der Waals surface area contributed by atoms with Gasteiger partial charge in [-0.3, -0.25) is 14.5 Å². The molecule has 0 N–H and O–H groups in total. The van der Waals surface area contributed by atoms with Gasteiger partial charge in [0.05, 0.1) is 12.8 Å². The monoisotopic (exact) mass is 449 g/mol. The van der Waals surface area contributed by atoms with Gasteiger partial charge in [-0.1, -0.05) is 19.9 Å². The number of nitrogens with zero attached hydrogens (tertiary/aromatic N) is 3. The third-order valence-corrected chi connectivity index (χ3v) is 6.59. The van der Waals surface area contributed by atoms with E-state index in [1.165, 1.54) is 16.9 Å². The maximum atomic E-state index is 12.9. The third kappa shape index (κ3) is 4.25. The average molecular weight is 450 g/mol. The lowest BCUT2D eigenvalue weighted by atomic mass is 9.97. The van der Waals surface area contributed by atoms with Crippen molar-refractivity contribution in [3.63, 3.8) is 0 Å². The van der Waals surface area contributed by atoms with Crippen molar-refractivity contribution >= 4 is 34.0 Å². The van der Waals surface area contributed by atoms with Gasteiger partial charge in [0.25, 0.3) is 5.91 Å². The van der Waals surface area contributed by atoms with Crippen LogP contribution < -0.4 is 14.5 Å². The van der Waals surface area contributed by atoms with Gasteiger partial charge in [0.15, 0.2) is 5.13 Å². The Morgan fingerprint density at radius 1 is 1.16 bits per heavy atom. The van der Waals surface area contributed by atoms with E-state index in [-0.39, 0.29) is 17.7 Å². The standard InChI is InChI=1S/C25H27N3O3S/c1-16(2)23(29)28-13-5-6-19-14-18(9-12-22(19)28)21-15-32-25(26-21)27(3)24(30)17-7-10-20(31-4)11-8-17/h7-12,14-16H,5-6,13H2,1-4H3. The number of amides is 2. The van der Waals surface area contributed by atoms with E-state index >= 15 is 0 Å². The van der Waals surface area contributed by atoms with E-state index in [0.717, 1.165) is 36.3 Å². The summed E-state index contributed by atoms with van der Waals surface area (Å²) in [5.41, 5.74) is 4.57. The van der Waals surface area contributed by atoms with Gasteiger partial charge in [-0.15, -0.1) is 11.3 Å². The summed E-state index contributed by atoms with van der Waals surface area (Å²) in [4.78, 5) is 33.6. The van der Waals surface area contributed by atoms with Crippen molar-refractivity contribution in [2.45, 2.75) is 26.7 Å². The molecule has 32 heavy (non-hydrogen) atoms. The van der Waals surface area contributed by atoms with E-state index in [2.05, 4.69) is 6.07 Å². The number of anilines is 2. The van der Waals surface area contributed by atoms with Gasteiger partial charge in [-0.2, -0.15) is 0 Å². The average Bonchev–Trinajstić information content (AvgIpc) is 3.32. The van der Waals surface area contributed by atoms with Crippen LogP contribution in [-0.2, 0) is 11.2 Å². The van der Waals surface area contributed by atoms with Crippen molar-refractivity contribution in [2.24, 2.45) is 5.92 Å². The summed E-state index contributed by atoms with van der Waals surface area (Å²) >= 11 is 1.43. The van der Waals surface area contributed by atoms with Crippen LogP contribution in [0, 0.1) is 5.92 Å². The molecule has 6 nitrogen and oxygen atoms in total. The number of methoxy groups -OCH3 is 1. The minimum atomic E-state index is -0.123. The predicted octanol–water partition coefficient (Wildman–Crippen LogP) is 5.03. The minimum Gasteiger partial charge on any atom is -0.497 e. The first-order chi connectivity index (χ1) is 15.4. The van der Waals surface area contributed by atoms with Crippen LogP contribution in [0.25, 0.3) is 11.3 Å². The SMILES string of the molecule is COc1ccc(C(=O)N(C)c2nc(-c3ccc4c(c3)CCCN4C(=O)C(C)C)cs2)cc1. The summed E-state index contributed by atoms with van der Waals surface area (Å²) in [6.45, 7) is 4.64. The van der Waals surface area contributed by atoms with Crippen LogP contribution in [0.1, 0.15) is 36.2 Å². The molecule has 0 aliphatic carbocycles. The van der Waals surface area contributed by atoms with Gasteiger partial charge < -0.3 is 9.64 Å². The maximum absolute atomic E-state index is 12.9. The fourth-order valence-corrected chi connectivity index (χ4v) is 4.66. The van der Waals surface area contributed by atoms with Crippen molar-refractivity contribution in [3.05, 3.63) is 59.0 Å². The molecule has 0 atom stereocenters. The Kier molecular flexibility index (Phi) is 6.28. The highest BCUT2D eigenvalue weighted by Crippen LogP contribution is 2.34. The van der Waals surface area contributed by atoms with E-state index in [1.54, 1.807) is 43.3 Å². The fraction of sp³-hybridized carbons (Fsp3) is 0.320. The van der Waals surface area contributed by atoms with Gasteiger partial charge >= 0.3 is 0 Å². The summed E-state index contributed by atoms with van der Waals surface area (Å²) in [6, 6.07) is 13.2. The topological polar surface area (TPSA) is 62.7 Å². The smallest absolute Gasteiger partial charge is 0.259 e. The number of rotatable bonds is 5. The first-order valence-electron chi connectivity index (χ1n) is 10.7. The lowest BCUT2D eigenvalue weighted by Crippen LogP contribution is -2.38. The summed E-state index contributed by atoms with van der Waals surface area (Å²) in [5.74, 6) is 0.720. The second-order valence-electron chi connectivity index (χ2n) is 8.20. The molecule has 2 amide bonds. The van der Waals surface area contributed by atoms with Gasteiger partial charge in [0, 0.05) is 41.7 Å². The highest BCUT2D eigenvalue weighted by molar-refractivity contribution is 7.14. The Morgan fingerprint density at radius 2 is 1.91 bits per heavy atom. The van der Waals surface area contributed by atoms with Crippen molar-refractivity contribution in [2.75, 3.05) is 30.5 Å². The highest BCUT2D eigenvalue weighted by Gasteiger charge is 2.25. The normalized spacial score (nSPS) is 13.1. The number of hydrogen-bond acceptors (Lipinski definition) is 5. The summed E-state index contributed by atoms with van der Waals surface area (Å²) in [6.07, 6.45) is 1.90. The molecule has 2 heterocycles. The summed E-state index contributed by atoms with van der Waals surface area (Å²) in [5, 5.41) is 2.60. The fourth-order valence-electron chi connectivity index (χ4n) is 3.86. The quantitative estimate of drug-likeness (QED) is 0.548. The Morgan fingerprint density at radius 3 is 2.59 bits per heavy atom. The molecule has 166 valence electrons. The number of thiazole rings is 1. The molecule has 0 spiro atoms. The molecule has 2 aromatic carbocycles. The molecule has 1 aliphatic rings. The van der Waals surface area contributed by atoms with E-state index in [9.17, 15) is 9.59 Å². The van der Waals surface area contributed by atoms with Crippen LogP contribution in [0.2, 0.25) is 0 Å². The number of aromatic nitrogens is 1. The first-order valence-corrected chi connectivity index (χ1v) is 11.6. The molecule has 1 aromatic heterocycles. The number of hydrogen-bond donors (Lipinski definition) is 0. The highest BCUT2D eigenvalue weighted by atomic mass is 32.1. The van der Waals surface area contributed by atoms with Crippen LogP contribution in [0.15, 0.2) is 47.8 Å². The third-order valence-electron chi connectivity index (χ3n) is 5.67. The first kappa shape index (κ1) is 22.0. The number of ether oxygens (including phenoxy) is 1. The zero-order chi connectivity index (χ0) is 22.8. The summed E-state index contributed by atoms with van der Waals surface area (Å²) < 4.78 is 5.16. The zero-order valence-corrected chi connectivity index (χ0v) is 19.6. The molecule has 0 saturated carbocycles. The van der Waals surface area contributed by atoms with Crippen molar-refractivity contribution in [1.82, 2.24) is 4.98 Å². The molecule has 0 unspecified atom stereocenters. The minimum absolute atomic E-state index is 0.0273. The molecule has 0 radical (unpaired) electrons. The van der Waals surface area contributed by atoms with Gasteiger partial charge in [0.1, 0.15) is 5.75 Å². The molecule has 0 fully saturated rings. The number of carbonyl (C=O) groups is 2. The van der Waals surface area contributed by atoms with Crippen molar-refractivity contribution in [3.8, 4) is 17.0 Å². The Hall–Kier alpha value is -3.19. The molecular weight excluding hydrogens is 422 g/mol. The second kappa shape index (κ2) is 9.12. The van der Waals surface area contributed by atoms with Crippen LogP contribution >= 0.6 is 11.3 Å². The number of fused-ring (bicyclic) bond motifs is 1. The van der Waals surface area contributed by atoms with Crippen LogP contribution in [0.4, 0.5) is 10.8 Å². The molecule has 7 heteroatoms. The molecule has 4 rings (SSSR count). The summed E-state index contributed by atoms with van der Waals surface area (Å²) in [7, 11) is 3.33. The zero-order valence-electron chi connectivity index (χ0n) is 18.8. The maximum Gasteiger partial charge on any atom is 0.259 e. The van der Waals surface area contributed by atoms with Crippen molar-refractivity contribution in [1.29, 1.82) is 0 Å². The van der Waals surface area contributed by atoms with E-state index in [1.807, 2.05) is 36.3 Å². The Bertz CT molecular complexity index is 1140. The molecule has 0 bridgehead atoms. The molecule has 1 aliphatic heterocycles. The van der Waals surface area contributed by atoms with E-state index in [0.29, 0.717) is 16.4 Å². The molecular formula is C25H27N3O3S. The van der Waals surface area contributed by atoms with Crippen molar-refractivity contribution < 1.29 is 14.3 Å². The largest absolute Gasteiger partial charge is 0.497 e. The Balaban J connectivity index is 1.55.